The molecule has 2 nitrogen and oxygen atoms in total. The third-order valence-electron chi connectivity index (χ3n) is 2.83. The molecule has 0 heterocycles. The molecule has 2 aromatic rings. The van der Waals surface area contributed by atoms with Crippen LogP contribution in [0.3, 0.4) is 0 Å². The molecule has 0 saturated carbocycles. The number of nitrogens with one attached hydrogen (secondary N) is 1. The average molecular weight is 377 g/mol. The second-order valence-electron chi connectivity index (χ2n) is 4.33. The Kier molecular flexibility index (Phi) is 5.96. The molecule has 112 valence electrons. The molecule has 1 N–H and O–H groups in total. The van der Waals surface area contributed by atoms with Gasteiger partial charge in [-0.2, -0.15) is 8.78 Å². The molecule has 0 saturated heterocycles. The number of hydrogen-bond acceptors (Lipinski definition) is 2. The van der Waals surface area contributed by atoms with E-state index in [2.05, 4.69) is 26.0 Å². The molecule has 0 aliphatic rings. The summed E-state index contributed by atoms with van der Waals surface area (Å²) in [5.74, 6) is 0.133. The second kappa shape index (κ2) is 7.73. The smallest absolute Gasteiger partial charge is 0.387 e. The summed E-state index contributed by atoms with van der Waals surface area (Å²) in [5, 5.41) is 3.67. The summed E-state index contributed by atoms with van der Waals surface area (Å²) < 4.78 is 30.2. The van der Waals surface area contributed by atoms with Crippen molar-refractivity contribution >= 4 is 27.5 Å². The maximum absolute atomic E-state index is 12.4. The van der Waals surface area contributed by atoms with Gasteiger partial charge in [-0.1, -0.05) is 45.7 Å². The SMILES string of the molecule is FC(F)Oc1ccc(Cl)cc1CNCc1ccccc1Br. The molecule has 0 spiro atoms. The molecule has 2 rings (SSSR count). The van der Waals surface area contributed by atoms with E-state index in [4.69, 9.17) is 11.6 Å². The highest BCUT2D eigenvalue weighted by Gasteiger charge is 2.10. The number of alkyl halides is 2. The highest BCUT2D eigenvalue weighted by molar-refractivity contribution is 9.10. The fourth-order valence-corrected chi connectivity index (χ4v) is 2.49. The van der Waals surface area contributed by atoms with Gasteiger partial charge in [-0.05, 0) is 29.8 Å². The van der Waals surface area contributed by atoms with Crippen LogP contribution in [0.4, 0.5) is 8.78 Å². The second-order valence-corrected chi connectivity index (χ2v) is 5.62. The van der Waals surface area contributed by atoms with Gasteiger partial charge >= 0.3 is 6.61 Å². The van der Waals surface area contributed by atoms with Gasteiger partial charge in [0.15, 0.2) is 0 Å². The van der Waals surface area contributed by atoms with Crippen LogP contribution in [0.1, 0.15) is 11.1 Å². The maximum atomic E-state index is 12.4. The molecule has 0 amide bonds. The van der Waals surface area contributed by atoms with E-state index in [1.54, 1.807) is 6.07 Å². The zero-order valence-electron chi connectivity index (χ0n) is 11.0. The molecule has 0 radical (unpaired) electrons. The van der Waals surface area contributed by atoms with Gasteiger partial charge in [0, 0.05) is 28.1 Å². The van der Waals surface area contributed by atoms with Crippen LogP contribution in [0, 0.1) is 0 Å². The van der Waals surface area contributed by atoms with Gasteiger partial charge in [0.2, 0.25) is 0 Å². The van der Waals surface area contributed by atoms with Crippen molar-refractivity contribution in [2.24, 2.45) is 0 Å². The zero-order valence-corrected chi connectivity index (χ0v) is 13.3. The maximum Gasteiger partial charge on any atom is 0.387 e. The number of halogens is 4. The molecule has 0 bridgehead atoms. The van der Waals surface area contributed by atoms with Gasteiger partial charge in [-0.15, -0.1) is 0 Å². The Hall–Kier alpha value is -1.17. The van der Waals surface area contributed by atoms with Crippen LogP contribution in [0.25, 0.3) is 0 Å². The Bertz CT molecular complexity index is 610. The molecule has 0 aliphatic carbocycles. The molecule has 6 heteroatoms. The lowest BCUT2D eigenvalue weighted by atomic mass is 10.2. The van der Waals surface area contributed by atoms with E-state index in [9.17, 15) is 8.78 Å². The summed E-state index contributed by atoms with van der Waals surface area (Å²) in [5.41, 5.74) is 1.67. The van der Waals surface area contributed by atoms with E-state index in [1.807, 2.05) is 24.3 Å². The monoisotopic (exact) mass is 375 g/mol. The lowest BCUT2D eigenvalue weighted by molar-refractivity contribution is -0.0505. The van der Waals surface area contributed by atoms with Crippen LogP contribution in [0.5, 0.6) is 5.75 Å². The lowest BCUT2D eigenvalue weighted by Crippen LogP contribution is -2.14. The minimum Gasteiger partial charge on any atom is -0.434 e. The standard InChI is InChI=1S/C15H13BrClF2NO/c16-13-4-2-1-3-10(13)8-20-9-11-7-12(17)5-6-14(11)21-15(18)19/h1-7,15,20H,8-9H2. The Labute approximate surface area is 135 Å². The first-order valence-electron chi connectivity index (χ1n) is 6.23. The van der Waals surface area contributed by atoms with Crippen molar-refractivity contribution in [3.63, 3.8) is 0 Å². The molecule has 2 aromatic carbocycles. The largest absolute Gasteiger partial charge is 0.434 e. The van der Waals surface area contributed by atoms with Crippen molar-refractivity contribution in [1.29, 1.82) is 0 Å². The minimum absolute atomic E-state index is 0.133. The van der Waals surface area contributed by atoms with Crippen molar-refractivity contribution in [1.82, 2.24) is 5.32 Å². The van der Waals surface area contributed by atoms with Crippen LogP contribution in [-0.4, -0.2) is 6.61 Å². The average Bonchev–Trinajstić information content (AvgIpc) is 2.43. The molecule has 0 aliphatic heterocycles. The van der Waals surface area contributed by atoms with Crippen molar-refractivity contribution in [2.75, 3.05) is 0 Å². The topological polar surface area (TPSA) is 21.3 Å². The molecule has 0 fully saturated rings. The Morgan fingerprint density at radius 3 is 2.52 bits per heavy atom. The fraction of sp³-hybridized carbons (Fsp3) is 0.200. The minimum atomic E-state index is -2.85. The number of benzene rings is 2. The molecule has 0 unspecified atom stereocenters. The lowest BCUT2D eigenvalue weighted by Gasteiger charge is -2.12. The van der Waals surface area contributed by atoms with Crippen molar-refractivity contribution in [2.45, 2.75) is 19.7 Å². The number of ether oxygens (including phenoxy) is 1. The first-order valence-corrected chi connectivity index (χ1v) is 7.40. The van der Waals surface area contributed by atoms with Gasteiger partial charge in [0.05, 0.1) is 0 Å². The van der Waals surface area contributed by atoms with E-state index < -0.39 is 6.61 Å². The van der Waals surface area contributed by atoms with Crippen LogP contribution in [-0.2, 0) is 13.1 Å². The highest BCUT2D eigenvalue weighted by atomic mass is 79.9. The van der Waals surface area contributed by atoms with Gasteiger partial charge in [-0.25, -0.2) is 0 Å². The molecular weight excluding hydrogens is 364 g/mol. The third kappa shape index (κ3) is 4.95. The molecule has 0 atom stereocenters. The predicted octanol–water partition coefficient (Wildman–Crippen LogP) is 4.99. The summed E-state index contributed by atoms with van der Waals surface area (Å²) in [7, 11) is 0. The number of rotatable bonds is 6. The summed E-state index contributed by atoms with van der Waals surface area (Å²) >= 11 is 9.35. The predicted molar refractivity (Wildman–Crippen MR) is 82.8 cm³/mol. The summed E-state index contributed by atoms with van der Waals surface area (Å²) in [6.45, 7) is -1.88. The van der Waals surface area contributed by atoms with Crippen molar-refractivity contribution in [3.05, 3.63) is 63.1 Å². The Morgan fingerprint density at radius 1 is 1.10 bits per heavy atom. The van der Waals surface area contributed by atoms with Crippen LogP contribution >= 0.6 is 27.5 Å². The third-order valence-corrected chi connectivity index (χ3v) is 3.84. The first kappa shape index (κ1) is 16.2. The number of hydrogen-bond donors (Lipinski definition) is 1. The van der Waals surface area contributed by atoms with E-state index >= 15 is 0 Å². The normalized spacial score (nSPS) is 10.9. The summed E-state index contributed by atoms with van der Waals surface area (Å²) in [4.78, 5) is 0. The molecule has 0 aromatic heterocycles. The quantitative estimate of drug-likeness (QED) is 0.766. The van der Waals surface area contributed by atoms with E-state index in [0.717, 1.165) is 10.0 Å². The van der Waals surface area contributed by atoms with E-state index in [0.29, 0.717) is 23.7 Å². The van der Waals surface area contributed by atoms with Crippen LogP contribution < -0.4 is 10.1 Å². The highest BCUT2D eigenvalue weighted by Crippen LogP contribution is 2.24. The Morgan fingerprint density at radius 2 is 1.81 bits per heavy atom. The van der Waals surface area contributed by atoms with Crippen molar-refractivity contribution < 1.29 is 13.5 Å². The van der Waals surface area contributed by atoms with E-state index in [-0.39, 0.29) is 5.75 Å². The van der Waals surface area contributed by atoms with Gasteiger partial charge in [-0.3, -0.25) is 0 Å². The molecule has 21 heavy (non-hydrogen) atoms. The zero-order chi connectivity index (χ0) is 15.2. The fourth-order valence-electron chi connectivity index (χ4n) is 1.87. The van der Waals surface area contributed by atoms with Crippen molar-refractivity contribution in [3.8, 4) is 5.75 Å². The van der Waals surface area contributed by atoms with Gasteiger partial charge < -0.3 is 10.1 Å². The first-order chi connectivity index (χ1) is 10.1. The Balaban J connectivity index is 2.02. The van der Waals surface area contributed by atoms with Crippen LogP contribution in [0.15, 0.2) is 46.9 Å². The van der Waals surface area contributed by atoms with Gasteiger partial charge in [0.1, 0.15) is 5.75 Å². The van der Waals surface area contributed by atoms with E-state index in [1.165, 1.54) is 12.1 Å². The van der Waals surface area contributed by atoms with Gasteiger partial charge in [0.25, 0.3) is 0 Å². The van der Waals surface area contributed by atoms with Crippen LogP contribution in [0.2, 0.25) is 5.02 Å². The summed E-state index contributed by atoms with van der Waals surface area (Å²) in [6, 6.07) is 12.4. The summed E-state index contributed by atoms with van der Waals surface area (Å²) in [6.07, 6.45) is 0. The molecular formula is C15H13BrClF2NO.